The summed E-state index contributed by atoms with van der Waals surface area (Å²) >= 11 is 1.55. The fraction of sp³-hybridized carbons (Fsp3) is 0.562. The molecule has 2 atom stereocenters. The van der Waals surface area contributed by atoms with E-state index in [4.69, 9.17) is 0 Å². The van der Waals surface area contributed by atoms with Gasteiger partial charge in [-0.25, -0.2) is 0 Å². The average molecular weight is 335 g/mol. The normalized spacial score (nSPS) is 24.3. The Kier molecular flexibility index (Phi) is 4.66. The average Bonchev–Trinajstić information content (AvgIpc) is 3.25. The first-order valence-corrected chi connectivity index (χ1v) is 8.81. The number of likely N-dealkylation sites (tertiary alicyclic amines) is 2. The van der Waals surface area contributed by atoms with E-state index < -0.39 is 12.1 Å². The topological polar surface area (TPSA) is 69.7 Å². The molecule has 2 aliphatic heterocycles. The molecule has 0 bridgehead atoms. The van der Waals surface area contributed by atoms with Crippen LogP contribution in [0.15, 0.2) is 17.5 Å². The number of rotatable bonds is 4. The number of hydrogen-bond donors (Lipinski definition) is 1. The number of amides is 3. The van der Waals surface area contributed by atoms with Crippen LogP contribution in [-0.2, 0) is 20.8 Å². The molecule has 2 fully saturated rings. The van der Waals surface area contributed by atoms with Crippen molar-refractivity contribution in [3.05, 3.63) is 22.4 Å². The second kappa shape index (κ2) is 6.70. The molecule has 3 heterocycles. The number of thiophene rings is 1. The van der Waals surface area contributed by atoms with Crippen LogP contribution >= 0.6 is 11.3 Å². The summed E-state index contributed by atoms with van der Waals surface area (Å²) in [6.45, 7) is 1.27. The minimum atomic E-state index is -0.443. The highest BCUT2D eigenvalue weighted by Crippen LogP contribution is 2.21. The highest BCUT2D eigenvalue weighted by atomic mass is 32.1. The fourth-order valence-electron chi connectivity index (χ4n) is 3.23. The summed E-state index contributed by atoms with van der Waals surface area (Å²) in [5.74, 6) is -0.261. The van der Waals surface area contributed by atoms with Crippen LogP contribution in [0.25, 0.3) is 0 Å². The Morgan fingerprint density at radius 3 is 2.83 bits per heavy atom. The van der Waals surface area contributed by atoms with E-state index in [1.54, 1.807) is 28.2 Å². The van der Waals surface area contributed by atoms with Gasteiger partial charge < -0.3 is 15.1 Å². The molecule has 0 aromatic carbocycles. The monoisotopic (exact) mass is 335 g/mol. The molecule has 0 spiro atoms. The second-order valence-electron chi connectivity index (χ2n) is 6.11. The maximum Gasteiger partial charge on any atom is 0.244 e. The van der Waals surface area contributed by atoms with Crippen molar-refractivity contribution in [2.75, 3.05) is 20.1 Å². The Labute approximate surface area is 139 Å². The zero-order chi connectivity index (χ0) is 16.4. The molecule has 2 unspecified atom stereocenters. The van der Waals surface area contributed by atoms with Gasteiger partial charge in [-0.05, 0) is 30.7 Å². The first-order chi connectivity index (χ1) is 11.1. The van der Waals surface area contributed by atoms with Crippen LogP contribution in [0.5, 0.6) is 0 Å². The van der Waals surface area contributed by atoms with Crippen molar-refractivity contribution in [2.45, 2.75) is 37.8 Å². The summed E-state index contributed by atoms with van der Waals surface area (Å²) in [5, 5.41) is 4.77. The fourth-order valence-corrected chi connectivity index (χ4v) is 3.92. The largest absolute Gasteiger partial charge is 0.344 e. The van der Waals surface area contributed by atoms with E-state index >= 15 is 0 Å². The maximum absolute atomic E-state index is 12.5. The van der Waals surface area contributed by atoms with Gasteiger partial charge in [-0.1, -0.05) is 6.07 Å². The summed E-state index contributed by atoms with van der Waals surface area (Å²) in [4.78, 5) is 41.2. The Morgan fingerprint density at radius 2 is 2.17 bits per heavy atom. The number of carbonyl (C=O) groups excluding carboxylic acids is 3. The zero-order valence-electron chi connectivity index (χ0n) is 13.2. The summed E-state index contributed by atoms with van der Waals surface area (Å²) in [6.07, 6.45) is 2.47. The van der Waals surface area contributed by atoms with E-state index in [0.717, 1.165) is 11.3 Å². The molecule has 7 heteroatoms. The standard InChI is InChI=1S/C16H21N3O3S/c1-18-8-6-12(16(18)22)17-15(21)13-5-2-7-19(13)14(20)10-11-4-3-9-23-11/h3-4,9,12-13H,2,5-8,10H2,1H3,(H,17,21). The van der Waals surface area contributed by atoms with Crippen molar-refractivity contribution in [2.24, 2.45) is 0 Å². The van der Waals surface area contributed by atoms with Crippen molar-refractivity contribution in [1.82, 2.24) is 15.1 Å². The molecule has 1 N–H and O–H groups in total. The van der Waals surface area contributed by atoms with Crippen LogP contribution in [0, 0.1) is 0 Å². The van der Waals surface area contributed by atoms with Gasteiger partial charge in [0.15, 0.2) is 0 Å². The molecule has 3 rings (SSSR count). The van der Waals surface area contributed by atoms with E-state index in [-0.39, 0.29) is 17.7 Å². The molecular weight excluding hydrogens is 314 g/mol. The lowest BCUT2D eigenvalue weighted by molar-refractivity contribution is -0.139. The third-order valence-corrected chi connectivity index (χ3v) is 5.40. The molecule has 23 heavy (non-hydrogen) atoms. The van der Waals surface area contributed by atoms with Gasteiger partial charge in [0.2, 0.25) is 17.7 Å². The minimum Gasteiger partial charge on any atom is -0.344 e. The number of nitrogens with zero attached hydrogens (tertiary/aromatic N) is 2. The molecule has 1 aromatic rings. The molecule has 2 saturated heterocycles. The first kappa shape index (κ1) is 16.0. The Morgan fingerprint density at radius 1 is 1.35 bits per heavy atom. The third kappa shape index (κ3) is 3.39. The van der Waals surface area contributed by atoms with Gasteiger partial charge in [-0.3, -0.25) is 14.4 Å². The number of likely N-dealkylation sites (N-methyl/N-ethyl adjacent to an activating group) is 1. The molecule has 0 aliphatic carbocycles. The Hall–Kier alpha value is -1.89. The van der Waals surface area contributed by atoms with Crippen molar-refractivity contribution >= 4 is 29.1 Å². The van der Waals surface area contributed by atoms with Crippen LogP contribution in [0.1, 0.15) is 24.1 Å². The quantitative estimate of drug-likeness (QED) is 0.877. The van der Waals surface area contributed by atoms with Crippen molar-refractivity contribution in [3.63, 3.8) is 0 Å². The van der Waals surface area contributed by atoms with Crippen molar-refractivity contribution in [3.8, 4) is 0 Å². The lowest BCUT2D eigenvalue weighted by Crippen LogP contribution is -2.50. The van der Waals surface area contributed by atoms with Gasteiger partial charge in [0, 0.05) is 25.0 Å². The molecule has 0 saturated carbocycles. The molecule has 1 aromatic heterocycles. The number of nitrogens with one attached hydrogen (secondary N) is 1. The molecule has 0 radical (unpaired) electrons. The lowest BCUT2D eigenvalue weighted by atomic mass is 10.1. The molecule has 124 valence electrons. The van der Waals surface area contributed by atoms with E-state index in [0.29, 0.717) is 32.4 Å². The van der Waals surface area contributed by atoms with Gasteiger partial charge in [-0.2, -0.15) is 0 Å². The van der Waals surface area contributed by atoms with Crippen LogP contribution in [0.4, 0.5) is 0 Å². The van der Waals surface area contributed by atoms with Crippen LogP contribution in [-0.4, -0.2) is 59.7 Å². The zero-order valence-corrected chi connectivity index (χ0v) is 14.0. The Balaban J connectivity index is 1.60. The summed E-state index contributed by atoms with van der Waals surface area (Å²) in [5.41, 5.74) is 0. The second-order valence-corrected chi connectivity index (χ2v) is 7.14. The van der Waals surface area contributed by atoms with Crippen LogP contribution in [0.2, 0.25) is 0 Å². The molecule has 6 nitrogen and oxygen atoms in total. The highest BCUT2D eigenvalue weighted by molar-refractivity contribution is 7.10. The lowest BCUT2D eigenvalue weighted by Gasteiger charge is -2.25. The maximum atomic E-state index is 12.5. The molecule has 3 amide bonds. The molecular formula is C16H21N3O3S. The van der Waals surface area contributed by atoms with E-state index in [9.17, 15) is 14.4 Å². The number of hydrogen-bond acceptors (Lipinski definition) is 4. The van der Waals surface area contributed by atoms with Gasteiger partial charge in [0.05, 0.1) is 6.42 Å². The van der Waals surface area contributed by atoms with Gasteiger partial charge >= 0.3 is 0 Å². The van der Waals surface area contributed by atoms with E-state index in [1.165, 1.54) is 0 Å². The first-order valence-electron chi connectivity index (χ1n) is 7.93. The predicted octanol–water partition coefficient (Wildman–Crippen LogP) is 0.629. The van der Waals surface area contributed by atoms with Gasteiger partial charge in [-0.15, -0.1) is 11.3 Å². The minimum absolute atomic E-state index is 0.0139. The van der Waals surface area contributed by atoms with Gasteiger partial charge in [0.25, 0.3) is 0 Å². The van der Waals surface area contributed by atoms with Crippen LogP contribution < -0.4 is 5.32 Å². The predicted molar refractivity (Wildman–Crippen MR) is 86.9 cm³/mol. The summed E-state index contributed by atoms with van der Waals surface area (Å²) in [6, 6.07) is 2.97. The summed E-state index contributed by atoms with van der Waals surface area (Å²) in [7, 11) is 1.74. The Bertz CT molecular complexity index is 602. The number of carbonyl (C=O) groups is 3. The highest BCUT2D eigenvalue weighted by Gasteiger charge is 2.37. The summed E-state index contributed by atoms with van der Waals surface area (Å²) < 4.78 is 0. The van der Waals surface area contributed by atoms with Gasteiger partial charge in [0.1, 0.15) is 12.1 Å². The van der Waals surface area contributed by atoms with E-state index in [2.05, 4.69) is 5.32 Å². The SMILES string of the molecule is CN1CCC(NC(=O)C2CCCN2C(=O)Cc2cccs2)C1=O. The van der Waals surface area contributed by atoms with Crippen molar-refractivity contribution < 1.29 is 14.4 Å². The smallest absolute Gasteiger partial charge is 0.244 e. The van der Waals surface area contributed by atoms with E-state index in [1.807, 2.05) is 17.5 Å². The van der Waals surface area contributed by atoms with Crippen molar-refractivity contribution in [1.29, 1.82) is 0 Å². The van der Waals surface area contributed by atoms with Crippen LogP contribution in [0.3, 0.4) is 0 Å². The third-order valence-electron chi connectivity index (χ3n) is 4.53. The molecule has 2 aliphatic rings.